The molecule has 2 aromatic carbocycles. The number of amides is 1. The minimum atomic E-state index is -3.44. The van der Waals surface area contributed by atoms with Crippen LogP contribution in [0.2, 0.25) is 5.02 Å². The van der Waals surface area contributed by atoms with Gasteiger partial charge in [0.15, 0.2) is 0 Å². The molecular formula is C19H22ClN3O3S. The summed E-state index contributed by atoms with van der Waals surface area (Å²) in [5.74, 6) is -0.0148. The Morgan fingerprint density at radius 3 is 2.52 bits per heavy atom. The van der Waals surface area contributed by atoms with Crippen molar-refractivity contribution >= 4 is 44.0 Å². The van der Waals surface area contributed by atoms with Gasteiger partial charge in [-0.15, -0.1) is 0 Å². The van der Waals surface area contributed by atoms with Crippen LogP contribution < -0.4 is 10.0 Å². The molecule has 1 heterocycles. The minimum Gasteiger partial charge on any atom is -0.376 e. The molecule has 144 valence electrons. The second-order valence-electron chi connectivity index (χ2n) is 6.48. The molecule has 27 heavy (non-hydrogen) atoms. The number of fused-ring (bicyclic) bond motifs is 1. The Morgan fingerprint density at radius 1 is 1.19 bits per heavy atom. The predicted molar refractivity (Wildman–Crippen MR) is 109 cm³/mol. The second kappa shape index (κ2) is 8.29. The summed E-state index contributed by atoms with van der Waals surface area (Å²) >= 11 is 6.23. The monoisotopic (exact) mass is 407 g/mol. The van der Waals surface area contributed by atoms with Crippen LogP contribution in [0.3, 0.4) is 0 Å². The number of hydrogen-bond donors (Lipinski definition) is 2. The lowest BCUT2D eigenvalue weighted by atomic mass is 10.1. The number of nitrogens with one attached hydrogen (secondary N) is 2. The first kappa shape index (κ1) is 19.7. The maximum atomic E-state index is 12.5. The number of hydrogen-bond acceptors (Lipinski definition) is 4. The molecular weight excluding hydrogens is 386 g/mol. The van der Waals surface area contributed by atoms with Crippen molar-refractivity contribution in [1.82, 2.24) is 9.62 Å². The molecule has 0 saturated carbocycles. The van der Waals surface area contributed by atoms with Crippen molar-refractivity contribution in [3.05, 3.63) is 53.4 Å². The molecule has 0 radical (unpaired) electrons. The number of anilines is 1. The number of piperidine rings is 1. The van der Waals surface area contributed by atoms with Crippen LogP contribution in [-0.2, 0) is 14.8 Å². The van der Waals surface area contributed by atoms with Gasteiger partial charge in [-0.1, -0.05) is 42.4 Å². The molecule has 0 aliphatic carbocycles. The largest absolute Gasteiger partial charge is 0.376 e. The molecule has 0 unspecified atom stereocenters. The van der Waals surface area contributed by atoms with Gasteiger partial charge in [0.2, 0.25) is 15.9 Å². The van der Waals surface area contributed by atoms with Crippen LogP contribution in [0.4, 0.5) is 5.69 Å². The van der Waals surface area contributed by atoms with Gasteiger partial charge in [-0.05, 0) is 25.0 Å². The number of likely N-dealkylation sites (tertiary alicyclic amines) is 1. The first-order valence-corrected chi connectivity index (χ1v) is 10.7. The van der Waals surface area contributed by atoms with Crippen LogP contribution in [0, 0.1) is 0 Å². The van der Waals surface area contributed by atoms with Crippen molar-refractivity contribution in [2.45, 2.75) is 18.9 Å². The van der Waals surface area contributed by atoms with Crippen molar-refractivity contribution in [2.75, 3.05) is 25.0 Å². The molecule has 1 aliphatic rings. The fourth-order valence-corrected chi connectivity index (χ4v) is 4.25. The standard InChI is InChI=1S/C19H22ClN3O3S/c1-2-27(25,26)22-14-9-11-23(12-10-14)19(24)13-21-18-8-7-17(20)15-5-3-4-6-16(15)18/h2-8,14,21-22H,1,9-13H2. The van der Waals surface area contributed by atoms with E-state index in [1.165, 1.54) is 0 Å². The van der Waals surface area contributed by atoms with Crippen LogP contribution in [-0.4, -0.2) is 44.9 Å². The van der Waals surface area contributed by atoms with E-state index < -0.39 is 10.0 Å². The van der Waals surface area contributed by atoms with Gasteiger partial charge < -0.3 is 10.2 Å². The van der Waals surface area contributed by atoms with Gasteiger partial charge in [0.05, 0.1) is 6.54 Å². The number of halogens is 1. The Balaban J connectivity index is 1.57. The number of carbonyl (C=O) groups excluding carboxylic acids is 1. The first-order chi connectivity index (χ1) is 12.9. The third-order valence-corrected chi connectivity index (χ3v) is 6.13. The molecule has 1 aliphatic heterocycles. The van der Waals surface area contributed by atoms with Crippen molar-refractivity contribution < 1.29 is 13.2 Å². The van der Waals surface area contributed by atoms with E-state index in [1.807, 2.05) is 36.4 Å². The molecule has 0 atom stereocenters. The zero-order valence-corrected chi connectivity index (χ0v) is 16.4. The topological polar surface area (TPSA) is 78.5 Å². The Morgan fingerprint density at radius 2 is 1.85 bits per heavy atom. The highest BCUT2D eigenvalue weighted by molar-refractivity contribution is 7.92. The van der Waals surface area contributed by atoms with E-state index in [0.717, 1.165) is 21.9 Å². The molecule has 0 spiro atoms. The lowest BCUT2D eigenvalue weighted by Gasteiger charge is -2.32. The first-order valence-electron chi connectivity index (χ1n) is 8.73. The molecule has 1 saturated heterocycles. The quantitative estimate of drug-likeness (QED) is 0.771. The molecule has 3 rings (SSSR count). The Bertz CT molecular complexity index is 954. The number of sulfonamides is 1. The van der Waals surface area contributed by atoms with Crippen molar-refractivity contribution in [1.29, 1.82) is 0 Å². The van der Waals surface area contributed by atoms with Crippen molar-refractivity contribution in [3.8, 4) is 0 Å². The van der Waals surface area contributed by atoms with Crippen molar-refractivity contribution in [3.63, 3.8) is 0 Å². The van der Waals surface area contributed by atoms with Crippen LogP contribution in [0.1, 0.15) is 12.8 Å². The molecule has 1 amide bonds. The third kappa shape index (κ3) is 4.80. The van der Waals surface area contributed by atoms with Gasteiger partial charge in [-0.3, -0.25) is 4.79 Å². The van der Waals surface area contributed by atoms with E-state index >= 15 is 0 Å². The number of benzene rings is 2. The second-order valence-corrected chi connectivity index (χ2v) is 8.54. The van der Waals surface area contributed by atoms with Crippen LogP contribution in [0.5, 0.6) is 0 Å². The third-order valence-electron chi connectivity index (χ3n) is 4.70. The summed E-state index contributed by atoms with van der Waals surface area (Å²) in [5, 5.41) is 6.68. The summed E-state index contributed by atoms with van der Waals surface area (Å²) in [4.78, 5) is 14.3. The molecule has 8 heteroatoms. The predicted octanol–water partition coefficient (Wildman–Crippen LogP) is 2.96. The summed E-state index contributed by atoms with van der Waals surface area (Å²) in [7, 11) is -3.44. The zero-order chi connectivity index (χ0) is 19.4. The van der Waals surface area contributed by atoms with Gasteiger partial charge in [-0.2, -0.15) is 0 Å². The number of rotatable bonds is 6. The fraction of sp³-hybridized carbons (Fsp3) is 0.316. The summed E-state index contributed by atoms with van der Waals surface area (Å²) in [6, 6.07) is 11.3. The molecule has 0 aromatic heterocycles. The summed E-state index contributed by atoms with van der Waals surface area (Å²) in [6.45, 7) is 4.50. The molecule has 0 bridgehead atoms. The lowest BCUT2D eigenvalue weighted by molar-refractivity contribution is -0.130. The normalized spacial score (nSPS) is 15.7. The average Bonchev–Trinajstić information content (AvgIpc) is 2.68. The van der Waals surface area contributed by atoms with Crippen LogP contribution in [0.25, 0.3) is 10.8 Å². The maximum absolute atomic E-state index is 12.5. The minimum absolute atomic E-state index is 0.0148. The SMILES string of the molecule is C=CS(=O)(=O)NC1CCN(C(=O)CNc2ccc(Cl)c3ccccc23)CC1. The van der Waals surface area contributed by atoms with E-state index in [1.54, 1.807) is 4.90 Å². The molecule has 2 N–H and O–H groups in total. The van der Waals surface area contributed by atoms with E-state index in [4.69, 9.17) is 11.6 Å². The summed E-state index contributed by atoms with van der Waals surface area (Å²) in [5.41, 5.74) is 0.858. The van der Waals surface area contributed by atoms with Gasteiger partial charge in [-0.25, -0.2) is 13.1 Å². The van der Waals surface area contributed by atoms with Crippen LogP contribution in [0.15, 0.2) is 48.4 Å². The van der Waals surface area contributed by atoms with Gasteiger partial charge >= 0.3 is 0 Å². The molecule has 2 aromatic rings. The van der Waals surface area contributed by atoms with Crippen molar-refractivity contribution in [2.24, 2.45) is 0 Å². The Labute approximate surface area is 164 Å². The highest BCUT2D eigenvalue weighted by Gasteiger charge is 2.24. The summed E-state index contributed by atoms with van der Waals surface area (Å²) < 4.78 is 25.7. The van der Waals surface area contributed by atoms with Crippen LogP contribution >= 0.6 is 11.6 Å². The Kier molecular flexibility index (Phi) is 6.04. The number of carbonyl (C=O) groups is 1. The van der Waals surface area contributed by atoms with E-state index in [0.29, 0.717) is 31.0 Å². The van der Waals surface area contributed by atoms with E-state index in [-0.39, 0.29) is 18.5 Å². The van der Waals surface area contributed by atoms with E-state index in [9.17, 15) is 13.2 Å². The van der Waals surface area contributed by atoms with Gasteiger partial charge in [0, 0.05) is 46.0 Å². The Hall–Kier alpha value is -2.09. The molecule has 1 fully saturated rings. The lowest BCUT2D eigenvalue weighted by Crippen LogP contribution is -2.47. The maximum Gasteiger partial charge on any atom is 0.241 e. The van der Waals surface area contributed by atoms with Gasteiger partial charge in [0.1, 0.15) is 0 Å². The molecule has 6 nitrogen and oxygen atoms in total. The van der Waals surface area contributed by atoms with E-state index in [2.05, 4.69) is 16.6 Å². The zero-order valence-electron chi connectivity index (χ0n) is 14.8. The average molecular weight is 408 g/mol. The highest BCUT2D eigenvalue weighted by atomic mass is 35.5. The number of nitrogens with zero attached hydrogens (tertiary/aromatic N) is 1. The summed E-state index contributed by atoms with van der Waals surface area (Å²) in [6.07, 6.45) is 1.17. The smallest absolute Gasteiger partial charge is 0.241 e. The fourth-order valence-electron chi connectivity index (χ4n) is 3.23. The highest BCUT2D eigenvalue weighted by Crippen LogP contribution is 2.29. The van der Waals surface area contributed by atoms with Gasteiger partial charge in [0.25, 0.3) is 0 Å².